The smallest absolute Gasteiger partial charge is 0.0939 e. The highest BCUT2D eigenvalue weighted by Crippen LogP contribution is 2.46. The largest absolute Gasteiger partial charge is 0.388 e. The number of hydrogen-bond acceptors (Lipinski definition) is 3. The summed E-state index contributed by atoms with van der Waals surface area (Å²) in [5.74, 6) is 0.935. The monoisotopic (exact) mass is 288 g/mol. The maximum absolute atomic E-state index is 10.8. The van der Waals surface area contributed by atoms with E-state index in [-0.39, 0.29) is 11.7 Å². The van der Waals surface area contributed by atoms with Crippen LogP contribution in [0, 0.1) is 11.8 Å². The van der Waals surface area contributed by atoms with E-state index >= 15 is 0 Å². The second-order valence-electron chi connectivity index (χ2n) is 6.93. The predicted molar refractivity (Wildman–Crippen MR) is 80.1 cm³/mol. The van der Waals surface area contributed by atoms with Crippen LogP contribution in [0.1, 0.15) is 42.9 Å². The van der Waals surface area contributed by atoms with Gasteiger partial charge in [-0.15, -0.1) is 0 Å². The molecule has 21 heavy (non-hydrogen) atoms. The second kappa shape index (κ2) is 5.38. The van der Waals surface area contributed by atoms with Gasteiger partial charge in [-0.05, 0) is 48.6 Å². The van der Waals surface area contributed by atoms with E-state index in [1.54, 1.807) is 0 Å². The lowest BCUT2D eigenvalue weighted by Crippen LogP contribution is -2.43. The first-order valence-electron chi connectivity index (χ1n) is 8.25. The summed E-state index contributed by atoms with van der Waals surface area (Å²) in [5, 5.41) is 10.8. The van der Waals surface area contributed by atoms with Gasteiger partial charge in [-0.1, -0.05) is 24.3 Å². The molecule has 0 radical (unpaired) electrons. The summed E-state index contributed by atoms with van der Waals surface area (Å²) in [6, 6.07) is 8.37. The Hall–Kier alpha value is -0.900. The number of aliphatic hydroxyl groups is 1. The molecule has 2 aliphatic heterocycles. The first-order chi connectivity index (χ1) is 10.3. The van der Waals surface area contributed by atoms with Crippen LogP contribution >= 0.6 is 0 Å². The SMILES string of the molecule is OC1c2ccccc2CCC1C1CCOC2(CCOC2)C1. The number of hydrogen-bond donors (Lipinski definition) is 1. The molecule has 3 nitrogen and oxygen atoms in total. The van der Waals surface area contributed by atoms with Crippen molar-refractivity contribution < 1.29 is 14.6 Å². The summed E-state index contributed by atoms with van der Waals surface area (Å²) < 4.78 is 11.6. The fourth-order valence-electron chi connectivity index (χ4n) is 4.55. The topological polar surface area (TPSA) is 38.7 Å². The standard InChI is InChI=1S/C18H24O3/c19-17-15-4-2-1-3-13(15)5-6-16(17)14-7-9-21-18(11-14)8-10-20-12-18/h1-4,14,16-17,19H,5-12H2. The molecule has 3 aliphatic rings. The summed E-state index contributed by atoms with van der Waals surface area (Å²) in [4.78, 5) is 0. The van der Waals surface area contributed by atoms with Crippen molar-refractivity contribution in [2.45, 2.75) is 43.8 Å². The van der Waals surface area contributed by atoms with Crippen LogP contribution in [0.2, 0.25) is 0 Å². The van der Waals surface area contributed by atoms with Crippen LogP contribution in [0.25, 0.3) is 0 Å². The molecule has 2 saturated heterocycles. The molecule has 4 rings (SSSR count). The summed E-state index contributed by atoms with van der Waals surface area (Å²) in [7, 11) is 0. The maximum Gasteiger partial charge on any atom is 0.0939 e. The normalized spacial score (nSPS) is 39.4. The zero-order valence-electron chi connectivity index (χ0n) is 12.5. The van der Waals surface area contributed by atoms with Gasteiger partial charge in [0.15, 0.2) is 0 Å². The molecule has 0 bridgehead atoms. The van der Waals surface area contributed by atoms with Crippen molar-refractivity contribution in [1.29, 1.82) is 0 Å². The van der Waals surface area contributed by atoms with E-state index in [1.165, 1.54) is 5.56 Å². The van der Waals surface area contributed by atoms with Crippen LogP contribution in [-0.4, -0.2) is 30.5 Å². The molecule has 4 unspecified atom stereocenters. The third-order valence-electron chi connectivity index (χ3n) is 5.73. The molecule has 2 heterocycles. The summed E-state index contributed by atoms with van der Waals surface area (Å²) in [6.45, 7) is 2.38. The van der Waals surface area contributed by atoms with E-state index in [4.69, 9.17) is 9.47 Å². The van der Waals surface area contributed by atoms with Gasteiger partial charge in [0.25, 0.3) is 0 Å². The third-order valence-corrected chi connectivity index (χ3v) is 5.73. The molecule has 1 spiro atoms. The molecule has 1 N–H and O–H groups in total. The van der Waals surface area contributed by atoms with Gasteiger partial charge in [-0.3, -0.25) is 0 Å². The molecular weight excluding hydrogens is 264 g/mol. The minimum absolute atomic E-state index is 0.0560. The molecule has 1 aromatic carbocycles. The summed E-state index contributed by atoms with van der Waals surface area (Å²) in [5.41, 5.74) is 2.42. The Labute approximate surface area is 126 Å². The Morgan fingerprint density at radius 1 is 1.14 bits per heavy atom. The van der Waals surface area contributed by atoms with Crippen LogP contribution in [0.3, 0.4) is 0 Å². The van der Waals surface area contributed by atoms with Gasteiger partial charge in [-0.25, -0.2) is 0 Å². The van der Waals surface area contributed by atoms with E-state index in [0.29, 0.717) is 11.8 Å². The molecule has 0 aromatic heterocycles. The number of benzene rings is 1. The quantitative estimate of drug-likeness (QED) is 0.863. The third kappa shape index (κ3) is 2.41. The van der Waals surface area contributed by atoms with Gasteiger partial charge in [0, 0.05) is 19.6 Å². The number of ether oxygens (including phenoxy) is 2. The fraction of sp³-hybridized carbons (Fsp3) is 0.667. The van der Waals surface area contributed by atoms with E-state index < -0.39 is 0 Å². The highest BCUT2D eigenvalue weighted by molar-refractivity contribution is 5.32. The highest BCUT2D eigenvalue weighted by atomic mass is 16.6. The van der Waals surface area contributed by atoms with Crippen molar-refractivity contribution in [3.8, 4) is 0 Å². The van der Waals surface area contributed by atoms with Crippen molar-refractivity contribution in [3.05, 3.63) is 35.4 Å². The number of rotatable bonds is 1. The number of aryl methyl sites for hydroxylation is 1. The zero-order valence-corrected chi connectivity index (χ0v) is 12.5. The van der Waals surface area contributed by atoms with Crippen LogP contribution < -0.4 is 0 Å². The summed E-state index contributed by atoms with van der Waals surface area (Å²) >= 11 is 0. The minimum atomic E-state index is -0.308. The molecule has 3 heteroatoms. The molecule has 0 saturated carbocycles. The van der Waals surface area contributed by atoms with Gasteiger partial charge in [0.2, 0.25) is 0 Å². The first-order valence-corrected chi connectivity index (χ1v) is 8.25. The average Bonchev–Trinajstić information content (AvgIpc) is 2.96. The highest BCUT2D eigenvalue weighted by Gasteiger charge is 2.45. The van der Waals surface area contributed by atoms with Crippen LogP contribution in [0.4, 0.5) is 0 Å². The molecule has 1 aliphatic carbocycles. The van der Waals surface area contributed by atoms with Gasteiger partial charge in [0.05, 0.1) is 18.3 Å². The lowest BCUT2D eigenvalue weighted by atomic mass is 9.69. The maximum atomic E-state index is 10.8. The number of aliphatic hydroxyl groups excluding tert-OH is 1. The lowest BCUT2D eigenvalue weighted by molar-refractivity contribution is -0.117. The predicted octanol–water partition coefficient (Wildman–Crippen LogP) is 2.87. The zero-order chi connectivity index (χ0) is 14.3. The molecule has 4 atom stereocenters. The second-order valence-corrected chi connectivity index (χ2v) is 6.93. The van der Waals surface area contributed by atoms with Crippen molar-refractivity contribution >= 4 is 0 Å². The average molecular weight is 288 g/mol. The van der Waals surface area contributed by atoms with E-state index in [1.807, 2.05) is 6.07 Å². The van der Waals surface area contributed by atoms with E-state index in [2.05, 4.69) is 18.2 Å². The summed E-state index contributed by atoms with van der Waals surface area (Å²) in [6.07, 6.45) is 5.03. The van der Waals surface area contributed by atoms with Gasteiger partial charge >= 0.3 is 0 Å². The van der Waals surface area contributed by atoms with Crippen molar-refractivity contribution in [1.82, 2.24) is 0 Å². The van der Waals surface area contributed by atoms with Crippen molar-refractivity contribution in [3.63, 3.8) is 0 Å². The Kier molecular flexibility index (Phi) is 3.52. The van der Waals surface area contributed by atoms with E-state index in [0.717, 1.165) is 57.5 Å². The van der Waals surface area contributed by atoms with E-state index in [9.17, 15) is 5.11 Å². The molecule has 2 fully saturated rings. The lowest BCUT2D eigenvalue weighted by Gasteiger charge is -2.43. The van der Waals surface area contributed by atoms with Crippen LogP contribution in [0.15, 0.2) is 24.3 Å². The van der Waals surface area contributed by atoms with Gasteiger partial charge < -0.3 is 14.6 Å². The molecule has 114 valence electrons. The number of fused-ring (bicyclic) bond motifs is 1. The minimum Gasteiger partial charge on any atom is -0.388 e. The molecular formula is C18H24O3. The molecule has 0 amide bonds. The Bertz CT molecular complexity index is 507. The Balaban J connectivity index is 1.54. The fourth-order valence-corrected chi connectivity index (χ4v) is 4.55. The van der Waals surface area contributed by atoms with Crippen molar-refractivity contribution in [2.24, 2.45) is 11.8 Å². The first kappa shape index (κ1) is 13.7. The molecule has 1 aromatic rings. The van der Waals surface area contributed by atoms with Crippen molar-refractivity contribution in [2.75, 3.05) is 19.8 Å². The Morgan fingerprint density at radius 3 is 2.90 bits per heavy atom. The van der Waals surface area contributed by atoms with Gasteiger partial charge in [-0.2, -0.15) is 0 Å². The Morgan fingerprint density at radius 2 is 2.05 bits per heavy atom. The van der Waals surface area contributed by atoms with Crippen LogP contribution in [0.5, 0.6) is 0 Å². The van der Waals surface area contributed by atoms with Gasteiger partial charge in [0.1, 0.15) is 0 Å². The van der Waals surface area contributed by atoms with Crippen LogP contribution in [-0.2, 0) is 15.9 Å².